The van der Waals surface area contributed by atoms with Crippen LogP contribution in [0.25, 0.3) is 11.3 Å². The van der Waals surface area contributed by atoms with Gasteiger partial charge in [-0.05, 0) is 6.92 Å². The van der Waals surface area contributed by atoms with Gasteiger partial charge in [0.05, 0.1) is 5.69 Å². The molecule has 136 valence electrons. The van der Waals surface area contributed by atoms with Crippen LogP contribution in [0.4, 0.5) is 5.13 Å². The van der Waals surface area contributed by atoms with Crippen LogP contribution >= 0.6 is 11.3 Å². The molecule has 0 bridgehead atoms. The highest BCUT2D eigenvalue weighted by Gasteiger charge is 2.21. The first-order valence-corrected chi connectivity index (χ1v) is 9.35. The molecule has 0 spiro atoms. The Hall–Kier alpha value is -2.54. The van der Waals surface area contributed by atoms with E-state index >= 15 is 0 Å². The third-order valence-corrected chi connectivity index (χ3v) is 4.56. The molecule has 0 aliphatic carbocycles. The first-order valence-electron chi connectivity index (χ1n) is 8.47. The SMILES string of the molecule is Cc1ccc(-c2csc(NC(=O)CCc3nc(C(C)(C)C)no3)n2)cc1. The highest BCUT2D eigenvalue weighted by molar-refractivity contribution is 7.14. The van der Waals surface area contributed by atoms with Crippen molar-refractivity contribution in [2.45, 2.75) is 46.0 Å². The van der Waals surface area contributed by atoms with Crippen LogP contribution in [-0.4, -0.2) is 21.0 Å². The molecule has 6 nitrogen and oxygen atoms in total. The molecule has 0 atom stereocenters. The molecule has 0 aliphatic heterocycles. The van der Waals surface area contributed by atoms with Crippen molar-refractivity contribution in [3.63, 3.8) is 0 Å². The van der Waals surface area contributed by atoms with Gasteiger partial charge in [0.1, 0.15) is 0 Å². The Labute approximate surface area is 156 Å². The lowest BCUT2D eigenvalue weighted by molar-refractivity contribution is -0.116. The topological polar surface area (TPSA) is 80.9 Å². The summed E-state index contributed by atoms with van der Waals surface area (Å²) in [6, 6.07) is 8.14. The number of benzene rings is 1. The largest absolute Gasteiger partial charge is 0.339 e. The lowest BCUT2D eigenvalue weighted by Gasteiger charge is -2.10. The summed E-state index contributed by atoms with van der Waals surface area (Å²) in [7, 11) is 0. The van der Waals surface area contributed by atoms with Crippen LogP contribution < -0.4 is 5.32 Å². The fraction of sp³-hybridized carbons (Fsp3) is 0.368. The quantitative estimate of drug-likeness (QED) is 0.721. The molecule has 0 saturated carbocycles. The van der Waals surface area contributed by atoms with Gasteiger partial charge in [0.15, 0.2) is 11.0 Å². The van der Waals surface area contributed by atoms with Gasteiger partial charge in [-0.25, -0.2) is 4.98 Å². The Bertz CT molecular complexity index is 891. The van der Waals surface area contributed by atoms with Gasteiger partial charge in [-0.3, -0.25) is 4.79 Å². The van der Waals surface area contributed by atoms with Crippen LogP contribution in [0.1, 0.15) is 44.5 Å². The molecule has 0 radical (unpaired) electrons. The highest BCUT2D eigenvalue weighted by atomic mass is 32.1. The van der Waals surface area contributed by atoms with Gasteiger partial charge in [0.2, 0.25) is 11.8 Å². The first kappa shape index (κ1) is 18.3. The Morgan fingerprint density at radius 1 is 1.19 bits per heavy atom. The van der Waals surface area contributed by atoms with Crippen LogP contribution in [0.2, 0.25) is 0 Å². The maximum Gasteiger partial charge on any atom is 0.227 e. The molecule has 1 aromatic carbocycles. The number of thiazole rings is 1. The molecule has 3 rings (SSSR count). The van der Waals surface area contributed by atoms with Crippen molar-refractivity contribution in [3.8, 4) is 11.3 Å². The van der Waals surface area contributed by atoms with Crippen LogP contribution in [0, 0.1) is 6.92 Å². The predicted octanol–water partition coefficient (Wildman–Crippen LogP) is 4.37. The van der Waals surface area contributed by atoms with Crippen molar-refractivity contribution in [1.82, 2.24) is 15.1 Å². The molecular formula is C19H22N4O2S. The minimum absolute atomic E-state index is 0.120. The molecule has 1 N–H and O–H groups in total. The number of carbonyl (C=O) groups excluding carboxylic acids is 1. The average molecular weight is 370 g/mol. The normalized spacial score (nSPS) is 11.5. The van der Waals surface area contributed by atoms with Gasteiger partial charge in [0.25, 0.3) is 0 Å². The Morgan fingerprint density at radius 3 is 2.58 bits per heavy atom. The van der Waals surface area contributed by atoms with E-state index < -0.39 is 0 Å². The van der Waals surface area contributed by atoms with Gasteiger partial charge < -0.3 is 9.84 Å². The fourth-order valence-corrected chi connectivity index (χ4v) is 2.99. The summed E-state index contributed by atoms with van der Waals surface area (Å²) >= 11 is 1.41. The minimum atomic E-state index is -0.169. The van der Waals surface area contributed by atoms with Gasteiger partial charge in [-0.15, -0.1) is 11.3 Å². The molecule has 2 heterocycles. The Morgan fingerprint density at radius 2 is 1.92 bits per heavy atom. The standard InChI is InChI=1S/C19H22N4O2S/c1-12-5-7-13(8-6-12)14-11-26-18(20-14)21-15(24)9-10-16-22-17(23-25-16)19(2,3)4/h5-8,11H,9-10H2,1-4H3,(H,20,21,24). The van der Waals surface area contributed by atoms with Crippen LogP contribution in [0.3, 0.4) is 0 Å². The van der Waals surface area contributed by atoms with E-state index in [1.807, 2.05) is 57.3 Å². The van der Waals surface area contributed by atoms with Crippen molar-refractivity contribution in [3.05, 3.63) is 46.9 Å². The lowest BCUT2D eigenvalue weighted by Crippen LogP contribution is -2.14. The number of nitrogens with zero attached hydrogens (tertiary/aromatic N) is 3. The molecule has 0 aliphatic rings. The molecule has 26 heavy (non-hydrogen) atoms. The van der Waals surface area contributed by atoms with Crippen molar-refractivity contribution in [2.75, 3.05) is 5.32 Å². The van der Waals surface area contributed by atoms with Gasteiger partial charge in [0, 0.05) is 29.2 Å². The number of aromatic nitrogens is 3. The zero-order chi connectivity index (χ0) is 18.7. The maximum atomic E-state index is 12.1. The molecule has 7 heteroatoms. The summed E-state index contributed by atoms with van der Waals surface area (Å²) in [6.07, 6.45) is 0.677. The van der Waals surface area contributed by atoms with E-state index in [0.29, 0.717) is 23.3 Å². The summed E-state index contributed by atoms with van der Waals surface area (Å²) < 4.78 is 5.21. The number of hydrogen-bond acceptors (Lipinski definition) is 6. The Balaban J connectivity index is 1.55. The summed E-state index contributed by atoms with van der Waals surface area (Å²) in [5.41, 5.74) is 2.93. The third kappa shape index (κ3) is 4.54. The smallest absolute Gasteiger partial charge is 0.227 e. The molecule has 2 aromatic heterocycles. The van der Waals surface area contributed by atoms with Gasteiger partial charge in [-0.2, -0.15) is 4.98 Å². The predicted molar refractivity (Wildman–Crippen MR) is 102 cm³/mol. The number of hydrogen-bond donors (Lipinski definition) is 1. The van der Waals surface area contributed by atoms with Crippen LogP contribution in [-0.2, 0) is 16.6 Å². The van der Waals surface area contributed by atoms with E-state index in [-0.39, 0.29) is 17.7 Å². The molecule has 0 unspecified atom stereocenters. The van der Waals surface area contributed by atoms with E-state index in [4.69, 9.17) is 4.52 Å². The van der Waals surface area contributed by atoms with Gasteiger partial charge in [-0.1, -0.05) is 55.8 Å². The van der Waals surface area contributed by atoms with Crippen LogP contribution in [0.5, 0.6) is 0 Å². The summed E-state index contributed by atoms with van der Waals surface area (Å²) in [5.74, 6) is 1.01. The summed E-state index contributed by atoms with van der Waals surface area (Å²) in [5, 5.41) is 9.32. The van der Waals surface area contributed by atoms with E-state index in [1.54, 1.807) is 0 Å². The Kier molecular flexibility index (Phi) is 5.18. The molecule has 3 aromatic rings. The molecule has 0 fully saturated rings. The average Bonchev–Trinajstić information content (AvgIpc) is 3.22. The zero-order valence-corrected chi connectivity index (χ0v) is 16.2. The van der Waals surface area contributed by atoms with Crippen molar-refractivity contribution in [2.24, 2.45) is 0 Å². The van der Waals surface area contributed by atoms with Gasteiger partial charge >= 0.3 is 0 Å². The van der Waals surface area contributed by atoms with Crippen molar-refractivity contribution in [1.29, 1.82) is 0 Å². The lowest BCUT2D eigenvalue weighted by atomic mass is 9.96. The van der Waals surface area contributed by atoms with E-state index in [2.05, 4.69) is 20.4 Å². The maximum absolute atomic E-state index is 12.1. The number of carbonyl (C=O) groups is 1. The van der Waals surface area contributed by atoms with Crippen molar-refractivity contribution < 1.29 is 9.32 Å². The van der Waals surface area contributed by atoms with Crippen LogP contribution in [0.15, 0.2) is 34.2 Å². The molecule has 0 saturated heterocycles. The van der Waals surface area contributed by atoms with E-state index in [1.165, 1.54) is 16.9 Å². The van der Waals surface area contributed by atoms with E-state index in [9.17, 15) is 4.79 Å². The monoisotopic (exact) mass is 370 g/mol. The summed E-state index contributed by atoms with van der Waals surface area (Å²) in [6.45, 7) is 8.09. The van der Waals surface area contributed by atoms with E-state index in [0.717, 1.165) is 11.3 Å². The zero-order valence-electron chi connectivity index (χ0n) is 15.4. The highest BCUT2D eigenvalue weighted by Crippen LogP contribution is 2.25. The fourth-order valence-electron chi connectivity index (χ4n) is 2.25. The van der Waals surface area contributed by atoms with Crippen molar-refractivity contribution >= 4 is 22.4 Å². The number of aryl methyl sites for hydroxylation is 2. The second-order valence-corrected chi connectivity index (χ2v) is 8.07. The summed E-state index contributed by atoms with van der Waals surface area (Å²) in [4.78, 5) is 21.0. The number of nitrogens with one attached hydrogen (secondary N) is 1. The minimum Gasteiger partial charge on any atom is -0.339 e. The number of amides is 1. The second-order valence-electron chi connectivity index (χ2n) is 7.21. The third-order valence-electron chi connectivity index (χ3n) is 3.80. The second kappa shape index (κ2) is 7.37. The number of rotatable bonds is 5. The molecular weight excluding hydrogens is 348 g/mol. The first-order chi connectivity index (χ1) is 12.3. The molecule has 1 amide bonds. The number of anilines is 1.